The molecule has 0 aliphatic rings. The third kappa shape index (κ3) is 2.00. The van der Waals surface area contributed by atoms with Gasteiger partial charge in [-0.05, 0) is 35.7 Å². The summed E-state index contributed by atoms with van der Waals surface area (Å²) in [6, 6.07) is 21.6. The monoisotopic (exact) mass is 235 g/mol. The van der Waals surface area contributed by atoms with Gasteiger partial charge >= 0.3 is 0 Å². The fourth-order valence-electron chi connectivity index (χ4n) is 1.95. The standard InChI is InChI=1S/C16H13NO/c17-13-8-10-14(11-9-13)18-16-7-3-5-12-4-1-2-6-15(12)16/h1-11H,17H2. The van der Waals surface area contributed by atoms with Crippen LogP contribution in [0.25, 0.3) is 10.8 Å². The molecule has 2 heteroatoms. The summed E-state index contributed by atoms with van der Waals surface area (Å²) < 4.78 is 5.89. The van der Waals surface area contributed by atoms with Crippen LogP contribution in [0.1, 0.15) is 0 Å². The molecular formula is C16H13NO. The summed E-state index contributed by atoms with van der Waals surface area (Å²) in [5.74, 6) is 1.65. The summed E-state index contributed by atoms with van der Waals surface area (Å²) in [4.78, 5) is 0. The van der Waals surface area contributed by atoms with Crippen molar-refractivity contribution in [2.24, 2.45) is 0 Å². The smallest absolute Gasteiger partial charge is 0.135 e. The predicted molar refractivity (Wildman–Crippen MR) is 74.9 cm³/mol. The zero-order chi connectivity index (χ0) is 12.4. The Morgan fingerprint density at radius 2 is 1.44 bits per heavy atom. The predicted octanol–water partition coefficient (Wildman–Crippen LogP) is 4.21. The zero-order valence-electron chi connectivity index (χ0n) is 9.84. The maximum atomic E-state index is 5.89. The van der Waals surface area contributed by atoms with Gasteiger partial charge in [-0.3, -0.25) is 0 Å². The third-order valence-electron chi connectivity index (χ3n) is 2.86. The number of benzene rings is 3. The van der Waals surface area contributed by atoms with Crippen LogP contribution in [0.4, 0.5) is 5.69 Å². The summed E-state index contributed by atoms with van der Waals surface area (Å²) in [5, 5.41) is 2.28. The van der Waals surface area contributed by atoms with Crippen LogP contribution in [-0.4, -0.2) is 0 Å². The van der Waals surface area contributed by atoms with E-state index in [0.29, 0.717) is 0 Å². The van der Waals surface area contributed by atoms with Crippen molar-refractivity contribution in [3.05, 3.63) is 66.7 Å². The Hall–Kier alpha value is -2.48. The Kier molecular flexibility index (Phi) is 2.61. The molecule has 0 fully saturated rings. The van der Waals surface area contributed by atoms with E-state index in [2.05, 4.69) is 18.2 Å². The van der Waals surface area contributed by atoms with E-state index in [1.54, 1.807) is 0 Å². The van der Waals surface area contributed by atoms with Gasteiger partial charge in [-0.15, -0.1) is 0 Å². The quantitative estimate of drug-likeness (QED) is 0.675. The molecular weight excluding hydrogens is 222 g/mol. The average Bonchev–Trinajstić information content (AvgIpc) is 2.42. The lowest BCUT2D eigenvalue weighted by Crippen LogP contribution is -1.87. The SMILES string of the molecule is Nc1ccc(Oc2cccc3ccccc23)cc1. The second-order valence-corrected chi connectivity index (χ2v) is 4.15. The molecule has 0 aliphatic carbocycles. The van der Waals surface area contributed by atoms with Crippen molar-refractivity contribution in [3.63, 3.8) is 0 Å². The van der Waals surface area contributed by atoms with E-state index in [1.165, 1.54) is 5.39 Å². The van der Waals surface area contributed by atoms with Gasteiger partial charge in [-0.25, -0.2) is 0 Å². The molecule has 0 amide bonds. The number of nitrogens with two attached hydrogens (primary N) is 1. The van der Waals surface area contributed by atoms with Crippen molar-refractivity contribution in [2.45, 2.75) is 0 Å². The van der Waals surface area contributed by atoms with Crippen molar-refractivity contribution >= 4 is 16.5 Å². The highest BCUT2D eigenvalue weighted by molar-refractivity contribution is 5.88. The van der Waals surface area contributed by atoms with Crippen LogP contribution in [0, 0.1) is 0 Å². The van der Waals surface area contributed by atoms with Crippen molar-refractivity contribution in [1.82, 2.24) is 0 Å². The van der Waals surface area contributed by atoms with Crippen LogP contribution in [0.15, 0.2) is 66.7 Å². The number of fused-ring (bicyclic) bond motifs is 1. The first kappa shape index (κ1) is 10.7. The number of hydrogen-bond acceptors (Lipinski definition) is 2. The number of rotatable bonds is 2. The minimum absolute atomic E-state index is 0.736. The van der Waals surface area contributed by atoms with Gasteiger partial charge in [0.25, 0.3) is 0 Å². The van der Waals surface area contributed by atoms with Gasteiger partial charge in [0.15, 0.2) is 0 Å². The van der Waals surface area contributed by atoms with Gasteiger partial charge in [0.2, 0.25) is 0 Å². The van der Waals surface area contributed by atoms with E-state index < -0.39 is 0 Å². The molecule has 0 unspecified atom stereocenters. The maximum Gasteiger partial charge on any atom is 0.135 e. The molecule has 0 atom stereocenters. The Bertz CT molecular complexity index is 669. The first-order chi connectivity index (χ1) is 8.83. The van der Waals surface area contributed by atoms with Crippen LogP contribution in [0.5, 0.6) is 11.5 Å². The third-order valence-corrected chi connectivity index (χ3v) is 2.86. The molecule has 2 N–H and O–H groups in total. The molecule has 88 valence electrons. The lowest BCUT2D eigenvalue weighted by molar-refractivity contribution is 0.488. The number of ether oxygens (including phenoxy) is 1. The Labute approximate surface area is 106 Å². The molecule has 0 saturated heterocycles. The molecule has 3 rings (SSSR count). The lowest BCUT2D eigenvalue weighted by Gasteiger charge is -2.08. The van der Waals surface area contributed by atoms with Crippen LogP contribution < -0.4 is 10.5 Å². The van der Waals surface area contributed by atoms with Crippen molar-refractivity contribution in [1.29, 1.82) is 0 Å². The molecule has 0 aliphatic heterocycles. The Morgan fingerprint density at radius 3 is 2.28 bits per heavy atom. The normalized spacial score (nSPS) is 10.4. The highest BCUT2D eigenvalue weighted by Crippen LogP contribution is 2.29. The minimum Gasteiger partial charge on any atom is -0.457 e. The van der Waals surface area contributed by atoms with E-state index in [0.717, 1.165) is 22.6 Å². The van der Waals surface area contributed by atoms with Crippen molar-refractivity contribution < 1.29 is 4.74 Å². The molecule has 3 aromatic carbocycles. The van der Waals surface area contributed by atoms with E-state index >= 15 is 0 Å². The van der Waals surface area contributed by atoms with Gasteiger partial charge in [-0.2, -0.15) is 0 Å². The molecule has 0 heterocycles. The second kappa shape index (κ2) is 4.41. The molecule has 0 bridgehead atoms. The van der Waals surface area contributed by atoms with Gasteiger partial charge in [0.1, 0.15) is 11.5 Å². The van der Waals surface area contributed by atoms with Gasteiger partial charge in [-0.1, -0.05) is 36.4 Å². The average molecular weight is 235 g/mol. The van der Waals surface area contributed by atoms with Gasteiger partial charge in [0, 0.05) is 11.1 Å². The highest BCUT2D eigenvalue weighted by Gasteiger charge is 2.02. The molecule has 0 aromatic heterocycles. The second-order valence-electron chi connectivity index (χ2n) is 4.15. The number of hydrogen-bond donors (Lipinski definition) is 1. The Morgan fingerprint density at radius 1 is 0.722 bits per heavy atom. The van der Waals surface area contributed by atoms with E-state index in [4.69, 9.17) is 10.5 Å². The van der Waals surface area contributed by atoms with E-state index in [9.17, 15) is 0 Å². The van der Waals surface area contributed by atoms with Crippen LogP contribution in [-0.2, 0) is 0 Å². The number of nitrogen functional groups attached to an aromatic ring is 1. The van der Waals surface area contributed by atoms with Crippen molar-refractivity contribution in [2.75, 3.05) is 5.73 Å². The summed E-state index contributed by atoms with van der Waals surface area (Å²) in [7, 11) is 0. The van der Waals surface area contributed by atoms with Crippen LogP contribution in [0.3, 0.4) is 0 Å². The first-order valence-electron chi connectivity index (χ1n) is 5.84. The van der Waals surface area contributed by atoms with Crippen LogP contribution >= 0.6 is 0 Å². The first-order valence-corrected chi connectivity index (χ1v) is 5.84. The molecule has 3 aromatic rings. The fraction of sp³-hybridized carbons (Fsp3) is 0. The van der Waals surface area contributed by atoms with Crippen molar-refractivity contribution in [3.8, 4) is 11.5 Å². The van der Waals surface area contributed by atoms with E-state index in [-0.39, 0.29) is 0 Å². The Balaban J connectivity index is 2.02. The summed E-state index contributed by atoms with van der Waals surface area (Å²) in [6.07, 6.45) is 0. The largest absolute Gasteiger partial charge is 0.457 e. The summed E-state index contributed by atoms with van der Waals surface area (Å²) in [5.41, 5.74) is 6.39. The lowest BCUT2D eigenvalue weighted by atomic mass is 10.1. The fourth-order valence-corrected chi connectivity index (χ4v) is 1.95. The molecule has 2 nitrogen and oxygen atoms in total. The minimum atomic E-state index is 0.736. The van der Waals surface area contributed by atoms with Gasteiger partial charge in [0.05, 0.1) is 0 Å². The summed E-state index contributed by atoms with van der Waals surface area (Å²) in [6.45, 7) is 0. The summed E-state index contributed by atoms with van der Waals surface area (Å²) >= 11 is 0. The topological polar surface area (TPSA) is 35.2 Å². The molecule has 0 saturated carbocycles. The molecule has 0 spiro atoms. The molecule has 18 heavy (non-hydrogen) atoms. The van der Waals surface area contributed by atoms with Crippen LogP contribution in [0.2, 0.25) is 0 Å². The van der Waals surface area contributed by atoms with E-state index in [1.807, 2.05) is 48.5 Å². The van der Waals surface area contributed by atoms with Gasteiger partial charge < -0.3 is 10.5 Å². The highest BCUT2D eigenvalue weighted by atomic mass is 16.5. The maximum absolute atomic E-state index is 5.89. The number of anilines is 1. The zero-order valence-corrected chi connectivity index (χ0v) is 9.84. The molecule has 0 radical (unpaired) electrons.